The van der Waals surface area contributed by atoms with Gasteiger partial charge in [0.15, 0.2) is 0 Å². The van der Waals surface area contributed by atoms with Crippen LogP contribution in [-0.4, -0.2) is 15.8 Å². The second kappa shape index (κ2) is 4.87. The lowest BCUT2D eigenvalue weighted by molar-refractivity contribution is 0.262. The molecule has 6 heteroatoms. The predicted molar refractivity (Wildman–Crippen MR) is 67.0 cm³/mol. The summed E-state index contributed by atoms with van der Waals surface area (Å²) in [6, 6.07) is 5.26. The van der Waals surface area contributed by atoms with Crippen LogP contribution in [0.25, 0.3) is 0 Å². The quantitative estimate of drug-likeness (QED) is 0.857. The van der Waals surface area contributed by atoms with Crippen LogP contribution < -0.4 is 10.6 Å². The first-order valence-electron chi connectivity index (χ1n) is 5.38. The van der Waals surface area contributed by atoms with Crippen molar-refractivity contribution in [2.75, 3.05) is 10.6 Å². The molecular weight excluding hydrogens is 235 g/mol. The minimum absolute atomic E-state index is 0.397. The number of hydrogen-bond acceptors (Lipinski definition) is 2. The molecule has 0 aliphatic carbocycles. The smallest absolute Gasteiger partial charge is 0.308 e. The van der Waals surface area contributed by atoms with E-state index in [2.05, 4.69) is 15.7 Å². The average Bonchev–Trinajstić information content (AvgIpc) is 2.61. The maximum absolute atomic E-state index is 12.9. The number of amides is 2. The van der Waals surface area contributed by atoms with Crippen LogP contribution in [0.15, 0.2) is 30.5 Å². The van der Waals surface area contributed by atoms with Gasteiger partial charge in [0.05, 0.1) is 17.6 Å². The average molecular weight is 248 g/mol. The van der Waals surface area contributed by atoms with Crippen LogP contribution in [-0.2, 0) is 7.05 Å². The fraction of sp³-hybridized carbons (Fsp3) is 0.167. The molecule has 1 aromatic heterocycles. The number of aryl methyl sites for hydroxylation is 1. The van der Waals surface area contributed by atoms with Crippen molar-refractivity contribution in [1.29, 1.82) is 0 Å². The molecule has 0 atom stereocenters. The molecular formula is C12H13FN4O. The summed E-state index contributed by atoms with van der Waals surface area (Å²) in [7, 11) is 1.78. The van der Waals surface area contributed by atoms with E-state index < -0.39 is 11.8 Å². The van der Waals surface area contributed by atoms with E-state index in [-0.39, 0.29) is 0 Å². The minimum atomic E-state index is -0.434. The van der Waals surface area contributed by atoms with E-state index in [4.69, 9.17) is 0 Å². The highest BCUT2D eigenvalue weighted by Gasteiger charge is 2.08. The summed E-state index contributed by atoms with van der Waals surface area (Å²) >= 11 is 0. The SMILES string of the molecule is Cc1c(NC(=O)Nc2cccc(F)c2)cnn1C. The zero-order valence-corrected chi connectivity index (χ0v) is 10.1. The van der Waals surface area contributed by atoms with Gasteiger partial charge in [-0.25, -0.2) is 9.18 Å². The van der Waals surface area contributed by atoms with Gasteiger partial charge in [0.1, 0.15) is 5.82 Å². The molecule has 2 N–H and O–H groups in total. The molecule has 94 valence electrons. The lowest BCUT2D eigenvalue weighted by Gasteiger charge is -2.07. The summed E-state index contributed by atoms with van der Waals surface area (Å²) < 4.78 is 14.6. The van der Waals surface area contributed by atoms with E-state index in [0.717, 1.165) is 5.69 Å². The summed E-state index contributed by atoms with van der Waals surface area (Å²) in [5.74, 6) is -0.398. The molecule has 1 aromatic carbocycles. The first-order chi connectivity index (χ1) is 8.56. The van der Waals surface area contributed by atoms with Crippen molar-refractivity contribution < 1.29 is 9.18 Å². The number of carbonyl (C=O) groups is 1. The fourth-order valence-electron chi connectivity index (χ4n) is 1.47. The Labute approximate surface area is 104 Å². The molecule has 0 fully saturated rings. The number of rotatable bonds is 2. The Morgan fingerprint density at radius 1 is 1.39 bits per heavy atom. The number of halogens is 1. The molecule has 1 heterocycles. The summed E-state index contributed by atoms with van der Waals surface area (Å²) in [5.41, 5.74) is 1.85. The molecule has 0 spiro atoms. The van der Waals surface area contributed by atoms with Crippen molar-refractivity contribution in [3.63, 3.8) is 0 Å². The number of nitrogens with one attached hydrogen (secondary N) is 2. The summed E-state index contributed by atoms with van der Waals surface area (Å²) in [6.07, 6.45) is 1.56. The van der Waals surface area contributed by atoms with E-state index in [1.807, 2.05) is 6.92 Å². The Kier molecular flexibility index (Phi) is 3.27. The normalized spacial score (nSPS) is 10.2. The van der Waals surface area contributed by atoms with Crippen LogP contribution in [0.3, 0.4) is 0 Å². The molecule has 0 saturated heterocycles. The molecule has 0 aliphatic rings. The molecule has 2 aromatic rings. The van der Waals surface area contributed by atoms with Gasteiger partial charge in [0.2, 0.25) is 0 Å². The molecule has 5 nitrogen and oxygen atoms in total. The fourth-order valence-corrected chi connectivity index (χ4v) is 1.47. The number of urea groups is 1. The topological polar surface area (TPSA) is 59.0 Å². The zero-order chi connectivity index (χ0) is 13.1. The van der Waals surface area contributed by atoms with E-state index in [0.29, 0.717) is 11.4 Å². The van der Waals surface area contributed by atoms with Crippen molar-refractivity contribution in [1.82, 2.24) is 9.78 Å². The lowest BCUT2D eigenvalue weighted by atomic mass is 10.3. The number of hydrogen-bond donors (Lipinski definition) is 2. The summed E-state index contributed by atoms with van der Waals surface area (Å²) in [5, 5.41) is 9.19. The molecule has 0 radical (unpaired) electrons. The van der Waals surface area contributed by atoms with E-state index in [1.165, 1.54) is 18.2 Å². The second-order valence-corrected chi connectivity index (χ2v) is 3.86. The predicted octanol–water partition coefficient (Wildman–Crippen LogP) is 2.51. The minimum Gasteiger partial charge on any atom is -0.308 e. The van der Waals surface area contributed by atoms with Crippen LogP contribution in [0.1, 0.15) is 5.69 Å². The Balaban J connectivity index is 2.03. The number of nitrogens with zero attached hydrogens (tertiary/aromatic N) is 2. The Morgan fingerprint density at radius 2 is 2.17 bits per heavy atom. The monoisotopic (exact) mass is 248 g/mol. The molecule has 18 heavy (non-hydrogen) atoms. The highest BCUT2D eigenvalue weighted by molar-refractivity contribution is 5.99. The summed E-state index contributed by atoms with van der Waals surface area (Å²) in [6.45, 7) is 1.84. The van der Waals surface area contributed by atoms with Crippen molar-refractivity contribution in [2.45, 2.75) is 6.92 Å². The van der Waals surface area contributed by atoms with Gasteiger partial charge in [-0.05, 0) is 25.1 Å². The van der Waals surface area contributed by atoms with Crippen molar-refractivity contribution in [3.8, 4) is 0 Å². The maximum Gasteiger partial charge on any atom is 0.323 e. The highest BCUT2D eigenvalue weighted by atomic mass is 19.1. The number of anilines is 2. The van der Waals surface area contributed by atoms with Gasteiger partial charge in [-0.1, -0.05) is 6.07 Å². The maximum atomic E-state index is 12.9. The van der Waals surface area contributed by atoms with Crippen LogP contribution >= 0.6 is 0 Å². The van der Waals surface area contributed by atoms with Gasteiger partial charge in [-0.3, -0.25) is 4.68 Å². The van der Waals surface area contributed by atoms with Crippen LogP contribution in [0, 0.1) is 12.7 Å². The molecule has 2 rings (SSSR count). The van der Waals surface area contributed by atoms with E-state index in [9.17, 15) is 9.18 Å². The molecule has 0 bridgehead atoms. The second-order valence-electron chi connectivity index (χ2n) is 3.86. The van der Waals surface area contributed by atoms with Gasteiger partial charge in [-0.15, -0.1) is 0 Å². The molecule has 0 aliphatic heterocycles. The first kappa shape index (κ1) is 12.1. The van der Waals surface area contributed by atoms with Gasteiger partial charge in [-0.2, -0.15) is 5.10 Å². The Hall–Kier alpha value is -2.37. The van der Waals surface area contributed by atoms with E-state index in [1.54, 1.807) is 24.0 Å². The lowest BCUT2D eigenvalue weighted by Crippen LogP contribution is -2.19. The van der Waals surface area contributed by atoms with Crippen molar-refractivity contribution >= 4 is 17.4 Å². The number of benzene rings is 1. The van der Waals surface area contributed by atoms with Gasteiger partial charge in [0.25, 0.3) is 0 Å². The Morgan fingerprint density at radius 3 is 2.78 bits per heavy atom. The van der Waals surface area contributed by atoms with Crippen LogP contribution in [0.5, 0.6) is 0 Å². The number of aromatic nitrogens is 2. The van der Waals surface area contributed by atoms with Crippen LogP contribution in [0.4, 0.5) is 20.6 Å². The van der Waals surface area contributed by atoms with Gasteiger partial charge in [0, 0.05) is 12.7 Å². The third-order valence-electron chi connectivity index (χ3n) is 2.57. The van der Waals surface area contributed by atoms with Gasteiger partial charge < -0.3 is 10.6 Å². The first-order valence-corrected chi connectivity index (χ1v) is 5.38. The van der Waals surface area contributed by atoms with E-state index >= 15 is 0 Å². The van der Waals surface area contributed by atoms with Crippen LogP contribution in [0.2, 0.25) is 0 Å². The third kappa shape index (κ3) is 2.65. The third-order valence-corrected chi connectivity index (χ3v) is 2.57. The summed E-state index contributed by atoms with van der Waals surface area (Å²) in [4.78, 5) is 11.7. The number of carbonyl (C=O) groups excluding carboxylic acids is 1. The van der Waals surface area contributed by atoms with Crippen molar-refractivity contribution in [3.05, 3.63) is 42.0 Å². The standard InChI is InChI=1S/C12H13FN4O/c1-8-11(7-14-17(8)2)16-12(18)15-10-5-3-4-9(13)6-10/h3-7H,1-2H3,(H2,15,16,18). The molecule has 0 unspecified atom stereocenters. The molecule has 2 amide bonds. The molecule has 0 saturated carbocycles. The highest BCUT2D eigenvalue weighted by Crippen LogP contribution is 2.13. The van der Waals surface area contributed by atoms with Crippen molar-refractivity contribution in [2.24, 2.45) is 7.05 Å². The zero-order valence-electron chi connectivity index (χ0n) is 10.1. The largest absolute Gasteiger partial charge is 0.323 e. The Bertz CT molecular complexity index is 579. The van der Waals surface area contributed by atoms with Gasteiger partial charge >= 0.3 is 6.03 Å².